The summed E-state index contributed by atoms with van der Waals surface area (Å²) in [4.78, 5) is 16.7. The van der Waals surface area contributed by atoms with Gasteiger partial charge < -0.3 is 10.1 Å². The number of carbonyl (C=O) groups is 1. The van der Waals surface area contributed by atoms with Crippen molar-refractivity contribution in [2.45, 2.75) is 44.8 Å². The summed E-state index contributed by atoms with van der Waals surface area (Å²) in [7, 11) is 0. The van der Waals surface area contributed by atoms with Crippen LogP contribution in [0.15, 0.2) is 30.3 Å². The minimum Gasteiger partial charge on any atom is -0.378 e. The predicted molar refractivity (Wildman–Crippen MR) is 97.6 cm³/mol. The zero-order valence-electron chi connectivity index (χ0n) is 14.2. The van der Waals surface area contributed by atoms with Crippen LogP contribution in [-0.4, -0.2) is 34.1 Å². The normalized spacial score (nSPS) is 23.6. The summed E-state index contributed by atoms with van der Waals surface area (Å²) in [6, 6.07) is 9.73. The number of nitrogens with one attached hydrogen (secondary N) is 2. The Labute approximate surface area is 151 Å². The van der Waals surface area contributed by atoms with Gasteiger partial charge in [-0.3, -0.25) is 5.32 Å². The van der Waals surface area contributed by atoms with E-state index in [1.54, 1.807) is 0 Å². The van der Waals surface area contributed by atoms with Crippen LogP contribution in [0.4, 0.5) is 9.93 Å². The summed E-state index contributed by atoms with van der Waals surface area (Å²) in [5.74, 6) is 0.636. The first-order valence-electron chi connectivity index (χ1n) is 8.79. The molecule has 0 unspecified atom stereocenters. The summed E-state index contributed by atoms with van der Waals surface area (Å²) in [5.41, 5.74) is 1.10. The molecular formula is C18H22N4O2S. The van der Waals surface area contributed by atoms with E-state index in [4.69, 9.17) is 4.74 Å². The molecule has 2 N–H and O–H groups in total. The highest BCUT2D eigenvalue weighted by Crippen LogP contribution is 2.57. The van der Waals surface area contributed by atoms with Crippen molar-refractivity contribution in [3.63, 3.8) is 0 Å². The zero-order valence-corrected chi connectivity index (χ0v) is 15.0. The maximum Gasteiger partial charge on any atom is 0.321 e. The van der Waals surface area contributed by atoms with Crippen molar-refractivity contribution < 1.29 is 9.53 Å². The minimum atomic E-state index is -0.206. The quantitative estimate of drug-likeness (QED) is 0.855. The molecule has 2 aliphatic carbocycles. The van der Waals surface area contributed by atoms with Gasteiger partial charge in [-0.15, -0.1) is 0 Å². The van der Waals surface area contributed by atoms with E-state index >= 15 is 0 Å². The van der Waals surface area contributed by atoms with Crippen molar-refractivity contribution in [1.82, 2.24) is 14.7 Å². The van der Waals surface area contributed by atoms with E-state index in [2.05, 4.69) is 20.0 Å². The van der Waals surface area contributed by atoms with Gasteiger partial charge in [0, 0.05) is 35.2 Å². The highest BCUT2D eigenvalue weighted by molar-refractivity contribution is 7.10. The molecule has 4 rings (SSSR count). The predicted octanol–water partition coefficient (Wildman–Crippen LogP) is 3.67. The molecule has 2 fully saturated rings. The summed E-state index contributed by atoms with van der Waals surface area (Å²) < 4.78 is 10.1. The maximum atomic E-state index is 12.3. The molecule has 1 spiro atoms. The summed E-state index contributed by atoms with van der Waals surface area (Å²) in [5, 5.41) is 6.44. The van der Waals surface area contributed by atoms with Crippen molar-refractivity contribution in [3.8, 4) is 11.4 Å². The van der Waals surface area contributed by atoms with Crippen molar-refractivity contribution in [1.29, 1.82) is 0 Å². The van der Waals surface area contributed by atoms with Gasteiger partial charge in [0.05, 0.1) is 6.10 Å². The first-order valence-corrected chi connectivity index (χ1v) is 9.57. The largest absolute Gasteiger partial charge is 0.378 e. The number of aromatic nitrogens is 2. The lowest BCUT2D eigenvalue weighted by atomic mass is 9.51. The van der Waals surface area contributed by atoms with Gasteiger partial charge >= 0.3 is 6.03 Å². The molecule has 0 saturated heterocycles. The molecule has 1 aromatic heterocycles. The standard InChI is InChI=1S/C18H22N4O2S/c1-2-24-14-11-13(18(14)9-6-10-18)19-16(23)21-17-20-15(22-25-17)12-7-4-3-5-8-12/h3-5,7-8,13-14H,2,6,9-11H2,1H3,(H2,19,20,21,22,23)/t13-,14-/m1/s1. The second-order valence-corrected chi connectivity index (χ2v) is 7.46. The Bertz CT molecular complexity index is 745. The van der Waals surface area contributed by atoms with Crippen LogP contribution in [0.5, 0.6) is 0 Å². The molecule has 6 nitrogen and oxygen atoms in total. The Kier molecular flexibility index (Phi) is 4.43. The average Bonchev–Trinajstić information content (AvgIpc) is 3.01. The van der Waals surface area contributed by atoms with Crippen LogP contribution in [0.2, 0.25) is 0 Å². The van der Waals surface area contributed by atoms with Gasteiger partial charge in [-0.25, -0.2) is 4.79 Å². The average molecular weight is 358 g/mol. The Morgan fingerprint density at radius 2 is 2.16 bits per heavy atom. The van der Waals surface area contributed by atoms with Gasteiger partial charge in [-0.2, -0.15) is 9.36 Å². The molecule has 132 valence electrons. The molecule has 2 aromatic rings. The van der Waals surface area contributed by atoms with Crippen LogP contribution in [0.25, 0.3) is 11.4 Å². The third-order valence-corrected chi connectivity index (χ3v) is 6.05. The first kappa shape index (κ1) is 16.5. The van der Waals surface area contributed by atoms with Crippen molar-refractivity contribution in [3.05, 3.63) is 30.3 Å². The number of amides is 2. The third kappa shape index (κ3) is 3.02. The Balaban J connectivity index is 1.35. The number of rotatable bonds is 5. The number of anilines is 1. The molecule has 1 aromatic carbocycles. The Morgan fingerprint density at radius 3 is 2.84 bits per heavy atom. The number of hydrogen-bond acceptors (Lipinski definition) is 5. The number of benzene rings is 1. The lowest BCUT2D eigenvalue weighted by Crippen LogP contribution is -2.68. The molecule has 7 heteroatoms. The van der Waals surface area contributed by atoms with E-state index in [-0.39, 0.29) is 17.5 Å². The molecular weight excluding hydrogens is 336 g/mol. The highest BCUT2D eigenvalue weighted by Gasteiger charge is 2.59. The number of ether oxygens (including phenoxy) is 1. The van der Waals surface area contributed by atoms with E-state index in [0.717, 1.165) is 31.4 Å². The van der Waals surface area contributed by atoms with Gasteiger partial charge in [0.15, 0.2) is 5.82 Å². The monoisotopic (exact) mass is 358 g/mol. The number of carbonyl (C=O) groups excluding carboxylic acids is 1. The van der Waals surface area contributed by atoms with Gasteiger partial charge in [0.1, 0.15) is 0 Å². The van der Waals surface area contributed by atoms with E-state index in [9.17, 15) is 4.79 Å². The molecule has 2 amide bonds. The lowest BCUT2D eigenvalue weighted by molar-refractivity contribution is -0.169. The van der Waals surface area contributed by atoms with E-state index < -0.39 is 0 Å². The van der Waals surface area contributed by atoms with Crippen LogP contribution < -0.4 is 10.6 Å². The Morgan fingerprint density at radius 1 is 1.36 bits per heavy atom. The topological polar surface area (TPSA) is 76.1 Å². The highest BCUT2D eigenvalue weighted by atomic mass is 32.1. The van der Waals surface area contributed by atoms with Crippen LogP contribution in [0.1, 0.15) is 32.6 Å². The molecule has 1 heterocycles. The summed E-state index contributed by atoms with van der Waals surface area (Å²) >= 11 is 1.20. The molecule has 2 atom stereocenters. The van der Waals surface area contributed by atoms with Crippen LogP contribution in [0.3, 0.4) is 0 Å². The summed E-state index contributed by atoms with van der Waals surface area (Å²) in [6.45, 7) is 2.76. The van der Waals surface area contributed by atoms with Crippen molar-refractivity contribution in [2.24, 2.45) is 5.41 Å². The van der Waals surface area contributed by atoms with E-state index in [1.807, 2.05) is 37.3 Å². The molecule has 0 radical (unpaired) electrons. The van der Waals surface area contributed by atoms with Crippen LogP contribution in [-0.2, 0) is 4.74 Å². The Hall–Kier alpha value is -1.99. The van der Waals surface area contributed by atoms with Gasteiger partial charge in [0.25, 0.3) is 0 Å². The van der Waals surface area contributed by atoms with Crippen LogP contribution >= 0.6 is 11.5 Å². The van der Waals surface area contributed by atoms with Gasteiger partial charge in [-0.05, 0) is 26.2 Å². The second-order valence-electron chi connectivity index (χ2n) is 6.71. The fourth-order valence-corrected chi connectivity index (χ4v) is 4.50. The molecule has 25 heavy (non-hydrogen) atoms. The number of hydrogen-bond donors (Lipinski definition) is 2. The maximum absolute atomic E-state index is 12.3. The number of urea groups is 1. The molecule has 2 saturated carbocycles. The molecule has 0 bridgehead atoms. The second kappa shape index (κ2) is 6.72. The third-order valence-electron chi connectivity index (χ3n) is 5.42. The SMILES string of the molecule is CCO[C@@H]1C[C@@H](NC(=O)Nc2nc(-c3ccccc3)ns2)C12CCC2. The fraction of sp³-hybridized carbons (Fsp3) is 0.500. The fourth-order valence-electron chi connectivity index (χ4n) is 3.91. The van der Waals surface area contributed by atoms with Crippen molar-refractivity contribution in [2.75, 3.05) is 11.9 Å². The van der Waals surface area contributed by atoms with Crippen LogP contribution in [0, 0.1) is 5.41 Å². The van der Waals surface area contributed by atoms with E-state index in [0.29, 0.717) is 17.1 Å². The van der Waals surface area contributed by atoms with Crippen molar-refractivity contribution >= 4 is 22.7 Å². The van der Waals surface area contributed by atoms with Gasteiger partial charge in [-0.1, -0.05) is 36.8 Å². The first-order chi connectivity index (χ1) is 12.2. The number of nitrogens with zero attached hydrogens (tertiary/aromatic N) is 2. The molecule has 0 aliphatic heterocycles. The minimum absolute atomic E-state index is 0.156. The summed E-state index contributed by atoms with van der Waals surface area (Å²) in [6.07, 6.45) is 4.69. The molecule has 2 aliphatic rings. The van der Waals surface area contributed by atoms with Gasteiger partial charge in [0.2, 0.25) is 5.13 Å². The van der Waals surface area contributed by atoms with E-state index in [1.165, 1.54) is 18.0 Å². The zero-order chi connectivity index (χ0) is 17.3. The lowest BCUT2D eigenvalue weighted by Gasteiger charge is -2.60. The smallest absolute Gasteiger partial charge is 0.321 e.